The lowest BCUT2D eigenvalue weighted by Crippen LogP contribution is -2.39. The second-order valence-electron chi connectivity index (χ2n) is 5.66. The Morgan fingerprint density at radius 3 is 2.45 bits per heavy atom. The molecule has 3 heteroatoms. The molecule has 0 amide bonds. The highest BCUT2D eigenvalue weighted by Crippen LogP contribution is 2.18. The quantitative estimate of drug-likeness (QED) is 0.628. The third-order valence-electron chi connectivity index (χ3n) is 3.50. The highest BCUT2D eigenvalue weighted by Gasteiger charge is 2.16. The van der Waals surface area contributed by atoms with Crippen LogP contribution >= 0.6 is 15.9 Å². The van der Waals surface area contributed by atoms with Crippen molar-refractivity contribution in [2.45, 2.75) is 46.6 Å². The summed E-state index contributed by atoms with van der Waals surface area (Å²) in [5, 5.41) is 0. The van der Waals surface area contributed by atoms with Gasteiger partial charge in [0.05, 0.1) is 0 Å². The van der Waals surface area contributed by atoms with Crippen molar-refractivity contribution in [2.24, 2.45) is 5.92 Å². The molecule has 20 heavy (non-hydrogen) atoms. The summed E-state index contributed by atoms with van der Waals surface area (Å²) in [7, 11) is 0. The molecule has 0 aliphatic carbocycles. The van der Waals surface area contributed by atoms with Crippen LogP contribution in [0.15, 0.2) is 28.7 Å². The normalized spacial score (nSPS) is 11.6. The topological polar surface area (TPSA) is 12.5 Å². The van der Waals surface area contributed by atoms with Gasteiger partial charge in [0.25, 0.3) is 0 Å². The molecule has 0 saturated heterocycles. The summed E-state index contributed by atoms with van der Waals surface area (Å²) in [6, 6.07) is 8.72. The maximum atomic E-state index is 5.87. The van der Waals surface area contributed by atoms with E-state index >= 15 is 0 Å². The standard InChI is InChI=1S/C17H28BrNO/c1-5-16(6-2)19(13-14(3)4)10-11-20-17-9-7-8-15(18)12-17/h7-9,12,14,16H,5-6,10-11,13H2,1-4H3. The number of hydrogen-bond acceptors (Lipinski definition) is 2. The van der Waals surface area contributed by atoms with Crippen molar-refractivity contribution in [3.05, 3.63) is 28.7 Å². The molecule has 0 saturated carbocycles. The summed E-state index contributed by atoms with van der Waals surface area (Å²) in [5.74, 6) is 1.63. The van der Waals surface area contributed by atoms with Gasteiger partial charge in [-0.25, -0.2) is 0 Å². The number of ether oxygens (including phenoxy) is 1. The monoisotopic (exact) mass is 341 g/mol. The maximum Gasteiger partial charge on any atom is 0.120 e. The third kappa shape index (κ3) is 6.27. The number of rotatable bonds is 9. The predicted molar refractivity (Wildman–Crippen MR) is 90.4 cm³/mol. The molecule has 0 aliphatic rings. The summed E-state index contributed by atoms with van der Waals surface area (Å²) >= 11 is 3.47. The van der Waals surface area contributed by atoms with Crippen LogP contribution in [0.3, 0.4) is 0 Å². The fourth-order valence-electron chi connectivity index (χ4n) is 2.53. The van der Waals surface area contributed by atoms with Crippen LogP contribution in [0.4, 0.5) is 0 Å². The maximum absolute atomic E-state index is 5.87. The minimum atomic E-state index is 0.670. The molecule has 0 radical (unpaired) electrons. The van der Waals surface area contributed by atoms with Gasteiger partial charge < -0.3 is 4.74 Å². The molecule has 0 unspecified atom stereocenters. The third-order valence-corrected chi connectivity index (χ3v) is 4.00. The number of benzene rings is 1. The lowest BCUT2D eigenvalue weighted by Gasteiger charge is -2.31. The fraction of sp³-hybridized carbons (Fsp3) is 0.647. The van der Waals surface area contributed by atoms with Crippen molar-refractivity contribution >= 4 is 15.9 Å². The zero-order chi connectivity index (χ0) is 15.0. The molecule has 0 N–H and O–H groups in total. The average molecular weight is 342 g/mol. The zero-order valence-electron chi connectivity index (χ0n) is 13.2. The number of hydrogen-bond donors (Lipinski definition) is 0. The lowest BCUT2D eigenvalue weighted by atomic mass is 10.1. The Balaban J connectivity index is 2.49. The second-order valence-corrected chi connectivity index (χ2v) is 6.58. The van der Waals surface area contributed by atoms with Gasteiger partial charge in [-0.3, -0.25) is 4.90 Å². The molecule has 0 fully saturated rings. The Kier molecular flexibility index (Phi) is 8.24. The van der Waals surface area contributed by atoms with Gasteiger partial charge in [-0.05, 0) is 37.0 Å². The Labute approximate surface area is 132 Å². The minimum Gasteiger partial charge on any atom is -0.492 e. The summed E-state index contributed by atoms with van der Waals surface area (Å²) in [6.07, 6.45) is 2.42. The lowest BCUT2D eigenvalue weighted by molar-refractivity contribution is 0.137. The van der Waals surface area contributed by atoms with Gasteiger partial charge in [-0.15, -0.1) is 0 Å². The zero-order valence-corrected chi connectivity index (χ0v) is 14.8. The van der Waals surface area contributed by atoms with E-state index in [1.54, 1.807) is 0 Å². The molecule has 0 spiro atoms. The first-order valence-electron chi connectivity index (χ1n) is 7.69. The van der Waals surface area contributed by atoms with Gasteiger partial charge in [-0.2, -0.15) is 0 Å². The molecule has 1 aromatic carbocycles. The molecule has 1 rings (SSSR count). The van der Waals surface area contributed by atoms with Crippen molar-refractivity contribution in [1.82, 2.24) is 4.90 Å². The number of halogens is 1. The molecular weight excluding hydrogens is 314 g/mol. The minimum absolute atomic E-state index is 0.670. The molecule has 0 aromatic heterocycles. The first-order chi connectivity index (χ1) is 9.56. The molecule has 1 aromatic rings. The van der Waals surface area contributed by atoms with Gasteiger partial charge in [0.2, 0.25) is 0 Å². The van der Waals surface area contributed by atoms with Crippen molar-refractivity contribution < 1.29 is 4.74 Å². The second kappa shape index (κ2) is 9.41. The largest absolute Gasteiger partial charge is 0.492 e. The van der Waals surface area contributed by atoms with Gasteiger partial charge >= 0.3 is 0 Å². The first-order valence-corrected chi connectivity index (χ1v) is 8.48. The van der Waals surface area contributed by atoms with Gasteiger partial charge in [-0.1, -0.05) is 49.7 Å². The summed E-state index contributed by atoms with van der Waals surface area (Å²) in [5.41, 5.74) is 0. The van der Waals surface area contributed by atoms with E-state index in [1.165, 1.54) is 12.8 Å². The Morgan fingerprint density at radius 2 is 1.90 bits per heavy atom. The van der Waals surface area contributed by atoms with Crippen LogP contribution in [0.1, 0.15) is 40.5 Å². The van der Waals surface area contributed by atoms with E-state index in [-0.39, 0.29) is 0 Å². The fourth-order valence-corrected chi connectivity index (χ4v) is 2.91. The Morgan fingerprint density at radius 1 is 1.20 bits per heavy atom. The van der Waals surface area contributed by atoms with E-state index in [0.717, 1.165) is 29.9 Å². The first kappa shape index (κ1) is 17.5. The average Bonchev–Trinajstić information content (AvgIpc) is 2.39. The summed E-state index contributed by atoms with van der Waals surface area (Å²) in [4.78, 5) is 2.57. The van der Waals surface area contributed by atoms with Crippen molar-refractivity contribution in [1.29, 1.82) is 0 Å². The summed E-state index contributed by atoms with van der Waals surface area (Å²) in [6.45, 7) is 12.0. The molecule has 0 bridgehead atoms. The van der Waals surface area contributed by atoms with Crippen LogP contribution in [0.25, 0.3) is 0 Å². The van der Waals surface area contributed by atoms with E-state index in [2.05, 4.69) is 48.5 Å². The molecule has 0 atom stereocenters. The van der Waals surface area contributed by atoms with Gasteiger partial charge in [0.1, 0.15) is 12.4 Å². The molecular formula is C17H28BrNO. The Hall–Kier alpha value is -0.540. The van der Waals surface area contributed by atoms with Crippen molar-refractivity contribution in [3.63, 3.8) is 0 Å². The predicted octanol–water partition coefficient (Wildman–Crippen LogP) is 4.97. The van der Waals surface area contributed by atoms with Crippen LogP contribution in [0, 0.1) is 5.92 Å². The van der Waals surface area contributed by atoms with Gasteiger partial charge in [0.15, 0.2) is 0 Å². The summed E-state index contributed by atoms with van der Waals surface area (Å²) < 4.78 is 6.93. The van der Waals surface area contributed by atoms with E-state index in [1.807, 2.05) is 24.3 Å². The van der Waals surface area contributed by atoms with E-state index < -0.39 is 0 Å². The van der Waals surface area contributed by atoms with Gasteiger partial charge in [0, 0.05) is 23.6 Å². The molecule has 114 valence electrons. The van der Waals surface area contributed by atoms with E-state index in [0.29, 0.717) is 12.0 Å². The molecule has 0 aliphatic heterocycles. The van der Waals surface area contributed by atoms with Crippen LogP contribution < -0.4 is 4.74 Å². The molecule has 2 nitrogen and oxygen atoms in total. The van der Waals surface area contributed by atoms with Crippen LogP contribution in [-0.2, 0) is 0 Å². The van der Waals surface area contributed by atoms with Crippen LogP contribution in [-0.4, -0.2) is 30.6 Å². The molecule has 0 heterocycles. The van der Waals surface area contributed by atoms with Crippen LogP contribution in [0.5, 0.6) is 5.75 Å². The highest BCUT2D eigenvalue weighted by molar-refractivity contribution is 9.10. The van der Waals surface area contributed by atoms with E-state index in [9.17, 15) is 0 Å². The highest BCUT2D eigenvalue weighted by atomic mass is 79.9. The SMILES string of the molecule is CCC(CC)N(CCOc1cccc(Br)c1)CC(C)C. The van der Waals surface area contributed by atoms with Crippen molar-refractivity contribution in [2.75, 3.05) is 19.7 Å². The van der Waals surface area contributed by atoms with E-state index in [4.69, 9.17) is 4.74 Å². The van der Waals surface area contributed by atoms with Crippen molar-refractivity contribution in [3.8, 4) is 5.75 Å². The van der Waals surface area contributed by atoms with Crippen LogP contribution in [0.2, 0.25) is 0 Å². The Bertz CT molecular complexity index is 377. The smallest absolute Gasteiger partial charge is 0.120 e. The number of nitrogens with zero attached hydrogens (tertiary/aromatic N) is 1.